The second kappa shape index (κ2) is 5.41. The fraction of sp³-hybridized carbons (Fsp3) is 0.438. The van der Waals surface area contributed by atoms with Crippen molar-refractivity contribution in [1.82, 2.24) is 10.3 Å². The number of ether oxygens (including phenoxy) is 3. The number of aromatic nitrogens is 1. The number of nitrogens with zero attached hydrogens (tertiary/aromatic N) is 1. The van der Waals surface area contributed by atoms with Crippen LogP contribution in [0.4, 0.5) is 0 Å². The van der Waals surface area contributed by atoms with Crippen molar-refractivity contribution in [3.05, 3.63) is 24.4 Å². The van der Waals surface area contributed by atoms with Gasteiger partial charge in [0.15, 0.2) is 11.5 Å². The van der Waals surface area contributed by atoms with Crippen molar-refractivity contribution < 1.29 is 14.2 Å². The van der Waals surface area contributed by atoms with Crippen molar-refractivity contribution in [1.29, 1.82) is 0 Å². The van der Waals surface area contributed by atoms with Crippen LogP contribution in [-0.2, 0) is 0 Å². The molecule has 0 spiro atoms. The van der Waals surface area contributed by atoms with Crippen molar-refractivity contribution >= 4 is 10.8 Å². The third-order valence-corrected chi connectivity index (χ3v) is 4.15. The summed E-state index contributed by atoms with van der Waals surface area (Å²) in [5, 5.41) is 5.42. The van der Waals surface area contributed by atoms with Gasteiger partial charge in [-0.25, -0.2) is 4.98 Å². The van der Waals surface area contributed by atoms with Crippen LogP contribution in [0.3, 0.4) is 0 Å². The largest absolute Gasteiger partial charge is 0.477 e. The van der Waals surface area contributed by atoms with E-state index in [-0.39, 0.29) is 6.79 Å². The van der Waals surface area contributed by atoms with Crippen LogP contribution < -0.4 is 19.5 Å². The molecule has 5 heteroatoms. The Balaban J connectivity index is 1.53. The first kappa shape index (κ1) is 12.7. The van der Waals surface area contributed by atoms with Crippen molar-refractivity contribution in [2.24, 2.45) is 5.92 Å². The Kier molecular flexibility index (Phi) is 3.27. The van der Waals surface area contributed by atoms with Gasteiger partial charge in [0, 0.05) is 11.6 Å². The van der Waals surface area contributed by atoms with Gasteiger partial charge >= 0.3 is 0 Å². The van der Waals surface area contributed by atoms with Gasteiger partial charge < -0.3 is 19.5 Å². The minimum Gasteiger partial charge on any atom is -0.477 e. The van der Waals surface area contributed by atoms with Gasteiger partial charge in [-0.2, -0.15) is 0 Å². The zero-order valence-electron chi connectivity index (χ0n) is 11.8. The van der Waals surface area contributed by atoms with Crippen molar-refractivity contribution in [2.75, 3.05) is 26.5 Å². The van der Waals surface area contributed by atoms with Crippen LogP contribution >= 0.6 is 0 Å². The van der Waals surface area contributed by atoms with Crippen molar-refractivity contribution in [2.45, 2.75) is 12.8 Å². The average molecular weight is 286 g/mol. The molecular weight excluding hydrogens is 268 g/mol. The summed E-state index contributed by atoms with van der Waals surface area (Å²) in [6, 6.07) is 5.90. The summed E-state index contributed by atoms with van der Waals surface area (Å²) < 4.78 is 16.7. The third kappa shape index (κ3) is 2.49. The monoisotopic (exact) mass is 286 g/mol. The summed E-state index contributed by atoms with van der Waals surface area (Å²) >= 11 is 0. The SMILES string of the molecule is c1cc2cc3c(cc2c(OCCC2CCNC2)n1)OCO3. The average Bonchev–Trinajstić information content (AvgIpc) is 3.16. The van der Waals surface area contributed by atoms with E-state index in [4.69, 9.17) is 14.2 Å². The second-order valence-electron chi connectivity index (χ2n) is 5.54. The number of benzene rings is 1. The molecule has 1 N–H and O–H groups in total. The summed E-state index contributed by atoms with van der Waals surface area (Å²) in [7, 11) is 0. The molecule has 0 saturated carbocycles. The highest BCUT2D eigenvalue weighted by atomic mass is 16.7. The van der Waals surface area contributed by atoms with Crippen molar-refractivity contribution in [3.8, 4) is 17.4 Å². The highest BCUT2D eigenvalue weighted by Crippen LogP contribution is 2.38. The van der Waals surface area contributed by atoms with E-state index in [2.05, 4.69) is 10.3 Å². The molecule has 1 saturated heterocycles. The zero-order valence-corrected chi connectivity index (χ0v) is 11.8. The highest BCUT2D eigenvalue weighted by Gasteiger charge is 2.17. The Bertz CT molecular complexity index is 653. The van der Waals surface area contributed by atoms with Gasteiger partial charge in [0.2, 0.25) is 12.7 Å². The summed E-state index contributed by atoms with van der Waals surface area (Å²) in [6.07, 6.45) is 4.08. The molecule has 1 aromatic heterocycles. The van der Waals surface area contributed by atoms with E-state index in [1.165, 1.54) is 6.42 Å². The molecule has 1 fully saturated rings. The number of nitrogens with one attached hydrogen (secondary N) is 1. The number of hydrogen-bond acceptors (Lipinski definition) is 5. The summed E-state index contributed by atoms with van der Waals surface area (Å²) in [4.78, 5) is 4.36. The molecule has 21 heavy (non-hydrogen) atoms. The molecule has 1 aromatic carbocycles. The maximum absolute atomic E-state index is 5.91. The van der Waals surface area contributed by atoms with Gasteiger partial charge in [-0.05, 0) is 55.4 Å². The number of pyridine rings is 1. The topological polar surface area (TPSA) is 52.6 Å². The highest BCUT2D eigenvalue weighted by molar-refractivity contribution is 5.90. The lowest BCUT2D eigenvalue weighted by Crippen LogP contribution is -2.12. The van der Waals surface area contributed by atoms with Crippen LogP contribution in [0.2, 0.25) is 0 Å². The Morgan fingerprint density at radius 2 is 2.19 bits per heavy atom. The minimum absolute atomic E-state index is 0.282. The fourth-order valence-corrected chi connectivity index (χ4v) is 2.93. The lowest BCUT2D eigenvalue weighted by Gasteiger charge is -2.11. The molecular formula is C16H18N2O3. The van der Waals surface area contributed by atoms with Gasteiger partial charge in [0.05, 0.1) is 6.61 Å². The molecule has 4 rings (SSSR count). The molecule has 1 atom stereocenters. The maximum Gasteiger partial charge on any atom is 0.231 e. The summed E-state index contributed by atoms with van der Waals surface area (Å²) in [5.74, 6) is 2.95. The molecule has 3 heterocycles. The quantitative estimate of drug-likeness (QED) is 0.935. The van der Waals surface area contributed by atoms with Crippen LogP contribution in [0.15, 0.2) is 24.4 Å². The zero-order chi connectivity index (χ0) is 14.1. The standard InChI is InChI=1S/C16H18N2O3/c1-4-17-9-11(1)3-6-19-16-13-8-15-14(20-10-21-15)7-12(13)2-5-18-16/h2,5,7-8,11,17H,1,3-4,6,9-10H2. The molecule has 0 aliphatic carbocycles. The fourth-order valence-electron chi connectivity index (χ4n) is 2.93. The first-order valence-corrected chi connectivity index (χ1v) is 7.42. The van der Waals surface area contributed by atoms with Crippen LogP contribution in [0.25, 0.3) is 10.8 Å². The first-order chi connectivity index (χ1) is 10.4. The molecule has 110 valence electrons. The second-order valence-corrected chi connectivity index (χ2v) is 5.54. The number of hydrogen-bond donors (Lipinski definition) is 1. The van der Waals surface area contributed by atoms with E-state index < -0.39 is 0 Å². The van der Waals surface area contributed by atoms with Gasteiger partial charge in [0.1, 0.15) is 0 Å². The molecule has 2 aromatic rings. The van der Waals surface area contributed by atoms with Gasteiger partial charge in [-0.15, -0.1) is 0 Å². The van der Waals surface area contributed by atoms with Crippen LogP contribution in [0, 0.1) is 5.92 Å². The minimum atomic E-state index is 0.282. The molecule has 5 nitrogen and oxygen atoms in total. The van der Waals surface area contributed by atoms with Gasteiger partial charge in [-0.1, -0.05) is 0 Å². The molecule has 2 aliphatic rings. The molecule has 0 radical (unpaired) electrons. The molecule has 2 aliphatic heterocycles. The number of fused-ring (bicyclic) bond motifs is 2. The first-order valence-electron chi connectivity index (χ1n) is 7.42. The van der Waals surface area contributed by atoms with E-state index in [1.807, 2.05) is 18.2 Å². The predicted molar refractivity (Wildman–Crippen MR) is 79.0 cm³/mol. The maximum atomic E-state index is 5.91. The number of rotatable bonds is 4. The van der Waals surface area contributed by atoms with E-state index in [0.29, 0.717) is 12.5 Å². The van der Waals surface area contributed by atoms with Gasteiger partial charge in [0.25, 0.3) is 0 Å². The van der Waals surface area contributed by atoms with Crippen molar-refractivity contribution in [3.63, 3.8) is 0 Å². The molecule has 0 bridgehead atoms. The lowest BCUT2D eigenvalue weighted by atomic mass is 10.1. The predicted octanol–water partition coefficient (Wildman–Crippen LogP) is 2.34. The molecule has 1 unspecified atom stereocenters. The Hall–Kier alpha value is -2.01. The van der Waals surface area contributed by atoms with Crippen LogP contribution in [-0.4, -0.2) is 31.5 Å². The van der Waals surface area contributed by atoms with E-state index in [1.54, 1.807) is 6.20 Å². The lowest BCUT2D eigenvalue weighted by molar-refractivity contribution is 0.174. The Labute approximate surface area is 123 Å². The van der Waals surface area contributed by atoms with Gasteiger partial charge in [-0.3, -0.25) is 0 Å². The third-order valence-electron chi connectivity index (χ3n) is 4.15. The van der Waals surface area contributed by atoms with E-state index >= 15 is 0 Å². The Morgan fingerprint density at radius 3 is 3.05 bits per heavy atom. The Morgan fingerprint density at radius 1 is 1.29 bits per heavy atom. The van der Waals surface area contributed by atoms with E-state index in [0.717, 1.165) is 47.7 Å². The van der Waals surface area contributed by atoms with Crippen LogP contribution in [0.5, 0.6) is 17.4 Å². The summed E-state index contributed by atoms with van der Waals surface area (Å²) in [6.45, 7) is 3.21. The van der Waals surface area contributed by atoms with Crippen LogP contribution in [0.1, 0.15) is 12.8 Å². The summed E-state index contributed by atoms with van der Waals surface area (Å²) in [5.41, 5.74) is 0. The smallest absolute Gasteiger partial charge is 0.231 e. The van der Waals surface area contributed by atoms with E-state index in [9.17, 15) is 0 Å². The normalized spacial score (nSPS) is 20.1. The molecule has 0 amide bonds.